The summed E-state index contributed by atoms with van der Waals surface area (Å²) in [6.07, 6.45) is 1.98. The van der Waals surface area contributed by atoms with E-state index >= 15 is 0 Å². The van der Waals surface area contributed by atoms with Crippen LogP contribution in [-0.4, -0.2) is 18.0 Å². The minimum Gasteiger partial charge on any atom is -0.253 e. The van der Waals surface area contributed by atoms with Crippen LogP contribution in [0.3, 0.4) is 0 Å². The van der Waals surface area contributed by atoms with E-state index in [1.165, 1.54) is 53.8 Å². The van der Waals surface area contributed by atoms with Gasteiger partial charge in [0, 0.05) is 33.3 Å². The van der Waals surface area contributed by atoms with Crippen molar-refractivity contribution >= 4 is 72.2 Å². The number of benzene rings is 8. The van der Waals surface area contributed by atoms with Gasteiger partial charge in [-0.25, -0.2) is 4.98 Å². The zero-order valence-corrected chi connectivity index (χ0v) is 29.9. The molecule has 0 fully saturated rings. The van der Waals surface area contributed by atoms with Crippen molar-refractivity contribution < 1.29 is 0 Å². The fourth-order valence-electron chi connectivity index (χ4n) is 9.01. The molecule has 2 nitrogen and oxygen atoms in total. The van der Waals surface area contributed by atoms with E-state index in [4.69, 9.17) is 9.97 Å². The van der Waals surface area contributed by atoms with Crippen LogP contribution in [-0.2, 0) is 0 Å². The first kappa shape index (κ1) is 30.0. The first-order chi connectivity index (χ1) is 26.3. The van der Waals surface area contributed by atoms with Gasteiger partial charge in [0.25, 0.3) is 0 Å². The van der Waals surface area contributed by atoms with Crippen molar-refractivity contribution in [2.24, 2.45) is 0 Å². The summed E-state index contributed by atoms with van der Waals surface area (Å²) >= 11 is 0. The fourth-order valence-corrected chi connectivity index (χ4v) is 14.2. The van der Waals surface area contributed by atoms with E-state index in [0.717, 1.165) is 43.8 Å². The molecule has 3 heteroatoms. The van der Waals surface area contributed by atoms with E-state index in [1.54, 1.807) is 0 Å². The van der Waals surface area contributed by atoms with Crippen molar-refractivity contribution in [3.05, 3.63) is 194 Å². The normalized spacial score (nSPS) is 13.1. The minimum absolute atomic E-state index is 0.938. The van der Waals surface area contributed by atoms with Crippen LogP contribution in [0.25, 0.3) is 76.9 Å². The molecule has 8 aromatic carbocycles. The van der Waals surface area contributed by atoms with Crippen LogP contribution < -0.4 is 20.7 Å². The lowest BCUT2D eigenvalue weighted by Gasteiger charge is -2.31. The van der Waals surface area contributed by atoms with Crippen molar-refractivity contribution in [3.63, 3.8) is 0 Å². The van der Waals surface area contributed by atoms with Gasteiger partial charge in [-0.15, -0.1) is 0 Å². The second kappa shape index (κ2) is 11.7. The average molecular weight is 689 g/mol. The highest BCUT2D eigenvalue weighted by Crippen LogP contribution is 2.38. The summed E-state index contributed by atoms with van der Waals surface area (Å²) in [6.45, 7) is 0. The van der Waals surface area contributed by atoms with Crippen LogP contribution in [0, 0.1) is 0 Å². The monoisotopic (exact) mass is 688 g/mol. The van der Waals surface area contributed by atoms with Crippen LogP contribution in [0.4, 0.5) is 0 Å². The number of nitrogens with zero attached hydrogens (tertiary/aromatic N) is 2. The third-order valence-corrected chi connectivity index (χ3v) is 16.3. The van der Waals surface area contributed by atoms with Gasteiger partial charge in [-0.3, -0.25) is 4.98 Å². The molecule has 246 valence electrons. The Morgan fingerprint density at radius 1 is 0.358 bits per heavy atom. The Balaban J connectivity index is 1.06. The van der Waals surface area contributed by atoms with Gasteiger partial charge in [-0.2, -0.15) is 0 Å². The van der Waals surface area contributed by atoms with Crippen molar-refractivity contribution in [1.82, 2.24) is 9.97 Å². The van der Waals surface area contributed by atoms with E-state index in [1.807, 2.05) is 6.20 Å². The highest BCUT2D eigenvalue weighted by atomic mass is 28.3. The van der Waals surface area contributed by atoms with E-state index < -0.39 is 8.07 Å². The molecule has 0 spiro atoms. The minimum atomic E-state index is -2.50. The molecule has 3 heterocycles. The zero-order chi connectivity index (χ0) is 34.9. The highest BCUT2D eigenvalue weighted by Gasteiger charge is 2.48. The molecule has 0 amide bonds. The Bertz CT molecular complexity index is 3010. The van der Waals surface area contributed by atoms with Gasteiger partial charge in [0.1, 0.15) is 0 Å². The maximum absolute atomic E-state index is 5.40. The van der Waals surface area contributed by atoms with Crippen molar-refractivity contribution in [3.8, 4) is 33.5 Å². The lowest BCUT2D eigenvalue weighted by Crippen LogP contribution is -2.72. The second-order valence-corrected chi connectivity index (χ2v) is 17.8. The van der Waals surface area contributed by atoms with Gasteiger partial charge < -0.3 is 0 Å². The predicted octanol–water partition coefficient (Wildman–Crippen LogP) is 9.78. The largest absolute Gasteiger partial charge is 0.253 e. The molecule has 1 aliphatic rings. The quantitative estimate of drug-likeness (QED) is 0.136. The summed E-state index contributed by atoms with van der Waals surface area (Å²) < 4.78 is 0. The molecule has 0 bridgehead atoms. The van der Waals surface area contributed by atoms with Gasteiger partial charge in [0.15, 0.2) is 8.07 Å². The van der Waals surface area contributed by atoms with Crippen molar-refractivity contribution in [2.45, 2.75) is 0 Å². The van der Waals surface area contributed by atoms with Gasteiger partial charge in [0.2, 0.25) is 0 Å². The predicted molar refractivity (Wildman–Crippen MR) is 226 cm³/mol. The first-order valence-corrected chi connectivity index (χ1v) is 20.2. The molecule has 0 N–H and O–H groups in total. The number of rotatable bonds is 4. The molecule has 1 aliphatic heterocycles. The Morgan fingerprint density at radius 3 is 1.68 bits per heavy atom. The van der Waals surface area contributed by atoms with Crippen molar-refractivity contribution in [1.29, 1.82) is 0 Å². The second-order valence-electron chi connectivity index (χ2n) is 14.1. The molecular weight excluding hydrogens is 657 g/mol. The SMILES string of the molecule is c1ccc([Si]2(c3ccccc3)c3ccccc3-c3cc(-c4ccc(-c5nc6c(ccc7c8ccccc8cnc76)c6ccccc56)cc4)ccc32)cc1. The number of hydrogen-bond donors (Lipinski definition) is 0. The molecule has 0 radical (unpaired) electrons. The summed E-state index contributed by atoms with van der Waals surface area (Å²) in [4.78, 5) is 10.4. The van der Waals surface area contributed by atoms with E-state index in [9.17, 15) is 0 Å². The third kappa shape index (κ3) is 4.38. The zero-order valence-electron chi connectivity index (χ0n) is 28.9. The average Bonchev–Trinajstić information content (AvgIpc) is 3.54. The Labute approximate surface area is 308 Å². The first-order valence-electron chi connectivity index (χ1n) is 18.2. The number of pyridine rings is 2. The Kier molecular flexibility index (Phi) is 6.61. The standard InChI is InChI=1S/C50H32N2Si/c1-3-14-37(15-4-1)53(38-16-5-2-6-17-38)46-22-12-11-20-41(46)45-31-35(27-30-47(45)53)33-23-25-34(26-24-33)48-42-21-10-9-19-40(42)44-29-28-43-39-18-8-7-13-36(39)32-51-49(43)50(44)52-48/h1-32H. The maximum Gasteiger partial charge on any atom is 0.180 e. The topological polar surface area (TPSA) is 25.8 Å². The molecule has 0 saturated heterocycles. The molecular formula is C50H32N2Si. The van der Waals surface area contributed by atoms with E-state index in [0.29, 0.717) is 0 Å². The Morgan fingerprint density at radius 2 is 0.925 bits per heavy atom. The van der Waals surface area contributed by atoms with Crippen LogP contribution in [0.1, 0.15) is 0 Å². The lowest BCUT2D eigenvalue weighted by atomic mass is 9.95. The van der Waals surface area contributed by atoms with Gasteiger partial charge in [0.05, 0.1) is 16.7 Å². The molecule has 53 heavy (non-hydrogen) atoms. The summed E-state index contributed by atoms with van der Waals surface area (Å²) in [6, 6.07) is 69.1. The summed E-state index contributed by atoms with van der Waals surface area (Å²) in [7, 11) is -2.50. The maximum atomic E-state index is 5.40. The van der Waals surface area contributed by atoms with E-state index in [-0.39, 0.29) is 0 Å². The van der Waals surface area contributed by atoms with Gasteiger partial charge >= 0.3 is 0 Å². The molecule has 10 aromatic rings. The summed E-state index contributed by atoms with van der Waals surface area (Å²) in [5, 5.41) is 12.7. The molecule has 0 aliphatic carbocycles. The van der Waals surface area contributed by atoms with Crippen LogP contribution in [0.2, 0.25) is 0 Å². The highest BCUT2D eigenvalue weighted by molar-refractivity contribution is 7.22. The fraction of sp³-hybridized carbons (Fsp3) is 0. The van der Waals surface area contributed by atoms with Crippen LogP contribution in [0.5, 0.6) is 0 Å². The number of aromatic nitrogens is 2. The third-order valence-electron chi connectivity index (χ3n) is 11.4. The molecule has 0 unspecified atom stereocenters. The number of hydrogen-bond acceptors (Lipinski definition) is 2. The molecule has 2 aromatic heterocycles. The van der Waals surface area contributed by atoms with Crippen LogP contribution in [0.15, 0.2) is 194 Å². The summed E-state index contributed by atoms with van der Waals surface area (Å²) in [5.74, 6) is 0. The van der Waals surface area contributed by atoms with Gasteiger partial charge in [-0.05, 0) is 59.8 Å². The van der Waals surface area contributed by atoms with Crippen molar-refractivity contribution in [2.75, 3.05) is 0 Å². The summed E-state index contributed by atoms with van der Waals surface area (Å²) in [5.41, 5.74) is 9.05. The number of fused-ring (bicyclic) bond motifs is 10. The Hall–Kier alpha value is -6.68. The van der Waals surface area contributed by atoms with Gasteiger partial charge in [-0.1, -0.05) is 182 Å². The molecule has 0 saturated carbocycles. The molecule has 0 atom stereocenters. The smallest absolute Gasteiger partial charge is 0.180 e. The van der Waals surface area contributed by atoms with E-state index in [2.05, 4.69) is 188 Å². The van der Waals surface area contributed by atoms with Crippen LogP contribution >= 0.6 is 0 Å². The lowest BCUT2D eigenvalue weighted by molar-refractivity contribution is 1.40. The molecule has 11 rings (SSSR count).